The van der Waals surface area contributed by atoms with Crippen LogP contribution in [0, 0.1) is 0 Å². The second-order valence-electron chi connectivity index (χ2n) is 6.65. The van der Waals surface area contributed by atoms with Crippen molar-refractivity contribution < 1.29 is 69.6 Å². The minimum absolute atomic E-state index is 0.0635. The monoisotopic (exact) mass is 489 g/mol. The minimum Gasteiger partial charge on any atom is -0.850 e. The summed E-state index contributed by atoms with van der Waals surface area (Å²) in [6.07, 6.45) is 0. The molecule has 0 aliphatic rings. The van der Waals surface area contributed by atoms with Crippen molar-refractivity contribution in [2.24, 2.45) is 0 Å². The smallest absolute Gasteiger partial charge is 0.267 e. The van der Waals surface area contributed by atoms with E-state index in [1.165, 1.54) is 7.05 Å². The van der Waals surface area contributed by atoms with E-state index in [1.807, 2.05) is 14.1 Å². The Morgan fingerprint density at radius 1 is 1.07 bits per heavy atom. The SMILES string of the molecule is CNCOP(=O)([O-])O.O=P([O-])(O)OCO.[2H]C[N+](C)(C)CC(=O)[O-].[2H]C[N+](C)(C)CC[O-]. The molecule has 2 unspecified atom stereocenters. The summed E-state index contributed by atoms with van der Waals surface area (Å²) in [6, 6.07) is 0. The van der Waals surface area contributed by atoms with Gasteiger partial charge in [0, 0.05) is 0 Å². The molecule has 0 fully saturated rings. The van der Waals surface area contributed by atoms with Crippen molar-refractivity contribution in [3.63, 3.8) is 0 Å². The molecule has 0 saturated carbocycles. The molecule has 0 rings (SSSR count). The van der Waals surface area contributed by atoms with E-state index in [1.54, 1.807) is 14.1 Å². The average molecular weight is 489 g/mol. The standard InChI is InChI=1S/C5H11NO2.C5H13NO.C2H8NO4P.CH5O5P/c1-6(2,3)4-5(7)8;1-6(2,3)4-5-7;1-3-2-7-8(4,5)6;2-1-6-7(3,4)5/h4H2,1-3H3;4-5H2,1-3H3;3H,2H2,1H3,(H2,4,5,6);2H,1H2,(H2,3,4,5)/p-2/i2*1D;;. The maximum absolute atomic E-state index is 10.0. The van der Waals surface area contributed by atoms with Gasteiger partial charge < -0.3 is 53.2 Å². The van der Waals surface area contributed by atoms with Gasteiger partial charge in [0.25, 0.3) is 15.6 Å². The largest absolute Gasteiger partial charge is 0.850 e. The Bertz CT molecular complexity index is 560. The predicted molar refractivity (Wildman–Crippen MR) is 98.5 cm³/mol. The third-order valence-electron chi connectivity index (χ3n) is 1.85. The molecule has 0 aliphatic heterocycles. The zero-order chi connectivity index (χ0) is 26.6. The van der Waals surface area contributed by atoms with Crippen molar-refractivity contribution >= 4 is 21.6 Å². The van der Waals surface area contributed by atoms with Crippen LogP contribution >= 0.6 is 15.6 Å². The fraction of sp³-hybridized carbons (Fsp3) is 0.923. The molecule has 0 amide bonds. The van der Waals surface area contributed by atoms with Gasteiger partial charge in [0.1, 0.15) is 13.3 Å². The normalized spacial score (nSPS) is 15.8. The fourth-order valence-electron chi connectivity index (χ4n) is 0.816. The maximum Gasteiger partial charge on any atom is 0.267 e. The number of likely N-dealkylation sites (N-methyl/N-ethyl adjacent to an activating group) is 2. The van der Waals surface area contributed by atoms with Gasteiger partial charge in [-0.15, -0.1) is 0 Å². The van der Waals surface area contributed by atoms with Gasteiger partial charge in [-0.2, -0.15) is 0 Å². The van der Waals surface area contributed by atoms with Crippen LogP contribution < -0.4 is 25.3 Å². The van der Waals surface area contributed by atoms with Crippen LogP contribution in [0.2, 0.25) is 0 Å². The van der Waals surface area contributed by atoms with E-state index in [2.05, 4.69) is 14.4 Å². The summed E-state index contributed by atoms with van der Waals surface area (Å²) in [5, 5.41) is 30.0. The maximum atomic E-state index is 10.0. The van der Waals surface area contributed by atoms with Gasteiger partial charge in [0.05, 0.1) is 57.5 Å². The van der Waals surface area contributed by atoms with Crippen molar-refractivity contribution in [2.75, 3.05) is 82.5 Å². The minimum atomic E-state index is -4.67. The molecule has 0 radical (unpaired) electrons. The zero-order valence-corrected chi connectivity index (χ0v) is 19.5. The molecular formula is C13H35N3O12P2-2. The van der Waals surface area contributed by atoms with Gasteiger partial charge in [-0.05, 0) is 7.05 Å². The number of aliphatic hydroxyl groups excluding tert-OH is 1. The molecule has 15 nitrogen and oxygen atoms in total. The van der Waals surface area contributed by atoms with Crippen LogP contribution in [-0.4, -0.2) is 112 Å². The second kappa shape index (κ2) is 18.1. The number of aliphatic hydroxyl groups is 1. The van der Waals surface area contributed by atoms with Gasteiger partial charge in [0.15, 0.2) is 6.79 Å². The number of hydrogen-bond acceptors (Lipinski definition) is 11. The number of quaternary nitrogens is 2. The molecular weight excluding hydrogens is 452 g/mol. The number of phosphoric ester groups is 2. The Hall–Kier alpha value is -0.510. The van der Waals surface area contributed by atoms with Crippen LogP contribution in [-0.2, 0) is 23.0 Å². The molecule has 30 heavy (non-hydrogen) atoms. The number of carboxylic acids is 1. The molecule has 0 saturated heterocycles. The lowest BCUT2D eigenvalue weighted by molar-refractivity contribution is -0.875. The Labute approximate surface area is 179 Å². The molecule has 186 valence electrons. The molecule has 2 atom stereocenters. The Morgan fingerprint density at radius 3 is 1.60 bits per heavy atom. The first kappa shape index (κ1) is 31.7. The predicted octanol–water partition coefficient (Wildman–Crippen LogP) is -5.45. The molecule has 0 heterocycles. The summed E-state index contributed by atoms with van der Waals surface area (Å²) in [7, 11) is -0.209. The number of rotatable bonds is 9. The quantitative estimate of drug-likeness (QED) is 0.135. The summed E-state index contributed by atoms with van der Waals surface area (Å²) in [4.78, 5) is 44.6. The molecule has 0 aromatic rings. The van der Waals surface area contributed by atoms with E-state index >= 15 is 0 Å². The first-order valence-corrected chi connectivity index (χ1v) is 10.8. The summed E-state index contributed by atoms with van der Waals surface area (Å²) in [5.41, 5.74) is 0. The highest BCUT2D eigenvalue weighted by Gasteiger charge is 2.04. The van der Waals surface area contributed by atoms with Crippen LogP contribution in [0.5, 0.6) is 0 Å². The molecule has 4 N–H and O–H groups in total. The lowest BCUT2D eigenvalue weighted by Gasteiger charge is -2.25. The number of nitrogens with zero attached hydrogens (tertiary/aromatic N) is 2. The van der Waals surface area contributed by atoms with Gasteiger partial charge in [-0.1, -0.05) is 6.61 Å². The summed E-state index contributed by atoms with van der Waals surface area (Å²) in [6.45, 7) is -0.826. The van der Waals surface area contributed by atoms with Crippen LogP contribution in [0.1, 0.15) is 2.74 Å². The lowest BCUT2D eigenvalue weighted by Crippen LogP contribution is -2.45. The topological polar surface area (TPSA) is 235 Å². The third kappa shape index (κ3) is 63.1. The lowest BCUT2D eigenvalue weighted by atomic mass is 10.5. The highest BCUT2D eigenvalue weighted by molar-refractivity contribution is 7.45. The van der Waals surface area contributed by atoms with E-state index in [-0.39, 0.29) is 31.4 Å². The van der Waals surface area contributed by atoms with Gasteiger partial charge >= 0.3 is 0 Å². The Morgan fingerprint density at radius 2 is 1.50 bits per heavy atom. The number of carboxylic acid groups (broad SMARTS) is 1. The molecule has 0 bridgehead atoms. The first-order valence-electron chi connectivity index (χ1n) is 9.26. The number of phosphoric acid groups is 2. The number of nitrogens with one attached hydrogen (secondary N) is 1. The molecule has 0 aliphatic carbocycles. The third-order valence-corrected chi connectivity index (χ3v) is 2.74. The molecule has 0 aromatic carbocycles. The second-order valence-corrected chi connectivity index (χ2v) is 9.04. The van der Waals surface area contributed by atoms with E-state index in [0.717, 1.165) is 0 Å². The van der Waals surface area contributed by atoms with Gasteiger partial charge in [0.2, 0.25) is 0 Å². The Kier molecular flexibility index (Phi) is 19.1. The Balaban J connectivity index is -0.000000164. The fourth-order valence-corrected chi connectivity index (χ4v) is 1.25. The van der Waals surface area contributed by atoms with Crippen LogP contribution in [0.4, 0.5) is 0 Å². The number of aliphatic carboxylic acids is 1. The highest BCUT2D eigenvalue weighted by Crippen LogP contribution is 2.29. The van der Waals surface area contributed by atoms with Crippen molar-refractivity contribution in [2.45, 2.75) is 0 Å². The van der Waals surface area contributed by atoms with E-state index < -0.39 is 28.4 Å². The first-order chi connectivity index (χ1) is 14.2. The van der Waals surface area contributed by atoms with Crippen molar-refractivity contribution in [3.05, 3.63) is 0 Å². The van der Waals surface area contributed by atoms with Crippen molar-refractivity contribution in [1.29, 1.82) is 0 Å². The van der Waals surface area contributed by atoms with Crippen molar-refractivity contribution in [3.8, 4) is 0 Å². The van der Waals surface area contributed by atoms with E-state index in [4.69, 9.17) is 17.6 Å². The van der Waals surface area contributed by atoms with Crippen LogP contribution in [0.3, 0.4) is 0 Å². The summed E-state index contributed by atoms with van der Waals surface area (Å²) < 4.78 is 40.8. The summed E-state index contributed by atoms with van der Waals surface area (Å²) in [5.74, 6) is -1.10. The number of hydrogen-bond donors (Lipinski definition) is 4. The molecule has 17 heteroatoms. The van der Waals surface area contributed by atoms with Gasteiger partial charge in [-0.25, -0.2) is 0 Å². The zero-order valence-electron chi connectivity index (χ0n) is 19.8. The summed E-state index contributed by atoms with van der Waals surface area (Å²) >= 11 is 0. The molecule has 0 spiro atoms. The number of carbonyl (C=O) groups is 1. The van der Waals surface area contributed by atoms with Crippen LogP contribution in [0.15, 0.2) is 0 Å². The highest BCUT2D eigenvalue weighted by atomic mass is 31.2. The van der Waals surface area contributed by atoms with Gasteiger partial charge in [-0.3, -0.25) is 19.0 Å². The van der Waals surface area contributed by atoms with Crippen molar-refractivity contribution in [1.82, 2.24) is 5.32 Å². The van der Waals surface area contributed by atoms with E-state index in [0.29, 0.717) is 18.1 Å². The number of carbonyl (C=O) groups excluding carboxylic acids is 1. The van der Waals surface area contributed by atoms with Crippen LogP contribution in [0.25, 0.3) is 0 Å². The molecule has 0 aromatic heterocycles. The van der Waals surface area contributed by atoms with E-state index in [9.17, 15) is 33.9 Å². The average Bonchev–Trinajstić information content (AvgIpc) is 2.59.